The predicted octanol–water partition coefficient (Wildman–Crippen LogP) is 0.803. The molecule has 0 saturated carbocycles. The monoisotopic (exact) mass is 256 g/mol. The summed E-state index contributed by atoms with van der Waals surface area (Å²) >= 11 is 0. The van der Waals surface area contributed by atoms with Crippen LogP contribution >= 0.6 is 0 Å². The molecule has 0 unspecified atom stereocenters. The molecule has 0 radical (unpaired) electrons. The Balaban J connectivity index is 2.52. The number of fused-ring (bicyclic) bond motifs is 1. The molecule has 7 heteroatoms. The van der Waals surface area contributed by atoms with Crippen LogP contribution in [0.5, 0.6) is 5.75 Å². The van der Waals surface area contributed by atoms with Gasteiger partial charge in [-0.2, -0.15) is 8.42 Å². The van der Waals surface area contributed by atoms with Crippen LogP contribution in [-0.2, 0) is 28.2 Å². The summed E-state index contributed by atoms with van der Waals surface area (Å²) in [6.07, 6.45) is -1.41. The molecule has 0 aliphatic carbocycles. The first-order valence-electron chi connectivity index (χ1n) is 4.64. The first kappa shape index (κ1) is 11.6. The Hall–Kier alpha value is -1.86. The maximum atomic E-state index is 10.6. The van der Waals surface area contributed by atoms with Crippen molar-refractivity contribution in [3.8, 4) is 5.75 Å². The highest BCUT2D eigenvalue weighted by Gasteiger charge is 2.20. The normalized spacial score (nSPS) is 12.9. The molecule has 1 N–H and O–H groups in total. The summed E-state index contributed by atoms with van der Waals surface area (Å²) in [7, 11) is -2.31. The number of rotatable bonds is 2. The lowest BCUT2D eigenvalue weighted by Gasteiger charge is -2.07. The van der Waals surface area contributed by atoms with E-state index in [9.17, 15) is 13.2 Å². The number of ether oxygens (including phenoxy) is 2. The standard InChI is InChI=1S/C10H8O6S/c11-10(12)16-9-2-1-6(5-17(13)14)7-3-15-4-8(7)9/h1-2,5H,3-4H2,(H,11,12). The molecule has 90 valence electrons. The van der Waals surface area contributed by atoms with E-state index in [-0.39, 0.29) is 19.0 Å². The molecular formula is C10H8O6S. The van der Waals surface area contributed by atoms with Gasteiger partial charge in [0.05, 0.1) is 18.6 Å². The first-order chi connectivity index (χ1) is 8.08. The van der Waals surface area contributed by atoms with Crippen molar-refractivity contribution in [2.75, 3.05) is 0 Å². The van der Waals surface area contributed by atoms with Crippen LogP contribution in [0.1, 0.15) is 16.7 Å². The van der Waals surface area contributed by atoms with Gasteiger partial charge in [0, 0.05) is 5.56 Å². The van der Waals surface area contributed by atoms with E-state index in [1.165, 1.54) is 12.1 Å². The van der Waals surface area contributed by atoms with Gasteiger partial charge in [-0.1, -0.05) is 0 Å². The van der Waals surface area contributed by atoms with Crippen LogP contribution in [0.2, 0.25) is 0 Å². The van der Waals surface area contributed by atoms with Gasteiger partial charge in [-0.3, -0.25) is 0 Å². The highest BCUT2D eigenvalue weighted by atomic mass is 32.2. The van der Waals surface area contributed by atoms with Crippen molar-refractivity contribution in [2.24, 2.45) is 0 Å². The molecule has 1 aromatic rings. The van der Waals surface area contributed by atoms with Gasteiger partial charge in [0.2, 0.25) is 10.3 Å². The van der Waals surface area contributed by atoms with Crippen LogP contribution in [0.15, 0.2) is 12.1 Å². The van der Waals surface area contributed by atoms with E-state index < -0.39 is 16.4 Å². The lowest BCUT2D eigenvalue weighted by molar-refractivity contribution is 0.129. The molecule has 0 atom stereocenters. The van der Waals surface area contributed by atoms with E-state index in [4.69, 9.17) is 9.84 Å². The van der Waals surface area contributed by atoms with Crippen LogP contribution < -0.4 is 4.74 Å². The van der Waals surface area contributed by atoms with Crippen molar-refractivity contribution in [1.82, 2.24) is 0 Å². The largest absolute Gasteiger partial charge is 0.511 e. The lowest BCUT2D eigenvalue weighted by Crippen LogP contribution is -2.06. The summed E-state index contributed by atoms with van der Waals surface area (Å²) in [6.45, 7) is 0.459. The van der Waals surface area contributed by atoms with Gasteiger partial charge in [0.15, 0.2) is 0 Å². The van der Waals surface area contributed by atoms with E-state index in [0.29, 0.717) is 16.7 Å². The zero-order valence-electron chi connectivity index (χ0n) is 8.54. The van der Waals surface area contributed by atoms with E-state index in [1.807, 2.05) is 0 Å². The molecule has 0 amide bonds. The minimum atomic E-state index is -2.31. The van der Waals surface area contributed by atoms with Gasteiger partial charge in [0.25, 0.3) is 0 Å². The van der Waals surface area contributed by atoms with Gasteiger partial charge in [-0.15, -0.1) is 0 Å². The Morgan fingerprint density at radius 1 is 1.35 bits per heavy atom. The molecular weight excluding hydrogens is 248 g/mol. The molecule has 0 aromatic heterocycles. The van der Waals surface area contributed by atoms with Crippen molar-refractivity contribution in [2.45, 2.75) is 13.2 Å². The topological polar surface area (TPSA) is 89.9 Å². The molecule has 0 saturated heterocycles. The minimum absolute atomic E-state index is 0.179. The summed E-state index contributed by atoms with van der Waals surface area (Å²) in [6, 6.07) is 2.90. The third-order valence-corrected chi connectivity index (χ3v) is 2.78. The second-order valence-corrected chi connectivity index (χ2v) is 4.11. The van der Waals surface area contributed by atoms with Crippen LogP contribution in [-0.4, -0.2) is 25.0 Å². The SMILES string of the molecule is O=C(O)Oc1ccc(C=S(=O)=O)c2c1COC2. The smallest absolute Gasteiger partial charge is 0.449 e. The Bertz CT molecular complexity index is 593. The lowest BCUT2D eigenvalue weighted by atomic mass is 10.0. The Kier molecular flexibility index (Phi) is 3.12. The third kappa shape index (κ3) is 2.45. The molecule has 1 heterocycles. The highest BCUT2D eigenvalue weighted by molar-refractivity contribution is 7.71. The third-order valence-electron chi connectivity index (χ3n) is 2.34. The summed E-state index contributed by atoms with van der Waals surface area (Å²) in [5.74, 6) is 0.179. The molecule has 2 rings (SSSR count). The molecule has 1 aliphatic rings. The molecule has 6 nitrogen and oxygen atoms in total. The summed E-state index contributed by atoms with van der Waals surface area (Å²) < 4.78 is 31.0. The average Bonchev–Trinajstić information content (AvgIpc) is 2.69. The second-order valence-electron chi connectivity index (χ2n) is 3.35. The number of hydrogen-bond donors (Lipinski definition) is 1. The van der Waals surface area contributed by atoms with Crippen LogP contribution in [0, 0.1) is 0 Å². The van der Waals surface area contributed by atoms with Crippen molar-refractivity contribution in [3.05, 3.63) is 28.8 Å². The Morgan fingerprint density at radius 2 is 2.06 bits per heavy atom. The Morgan fingerprint density at radius 3 is 2.71 bits per heavy atom. The fourth-order valence-electron chi connectivity index (χ4n) is 1.68. The van der Waals surface area contributed by atoms with Gasteiger partial charge >= 0.3 is 6.16 Å². The van der Waals surface area contributed by atoms with Crippen LogP contribution in [0.25, 0.3) is 0 Å². The highest BCUT2D eigenvalue weighted by Crippen LogP contribution is 2.31. The number of hydrogen-bond acceptors (Lipinski definition) is 5. The second kappa shape index (κ2) is 4.56. The maximum absolute atomic E-state index is 10.6. The first-order valence-corrected chi connectivity index (χ1v) is 5.78. The molecule has 0 fully saturated rings. The van der Waals surface area contributed by atoms with Crippen molar-refractivity contribution in [1.29, 1.82) is 0 Å². The summed E-state index contributed by atoms with van der Waals surface area (Å²) in [5.41, 5.74) is 1.71. The summed E-state index contributed by atoms with van der Waals surface area (Å²) in [5, 5.41) is 9.60. The van der Waals surface area contributed by atoms with Crippen LogP contribution in [0.3, 0.4) is 0 Å². The maximum Gasteiger partial charge on any atom is 0.511 e. The van der Waals surface area contributed by atoms with E-state index >= 15 is 0 Å². The molecule has 17 heavy (non-hydrogen) atoms. The Labute approximate surface area is 97.9 Å². The molecule has 1 aromatic carbocycles. The zero-order valence-corrected chi connectivity index (χ0v) is 9.36. The molecule has 0 bridgehead atoms. The fourth-order valence-corrected chi connectivity index (χ4v) is 2.11. The fraction of sp³-hybridized carbons (Fsp3) is 0.200. The number of benzene rings is 1. The predicted molar refractivity (Wildman–Crippen MR) is 57.7 cm³/mol. The van der Waals surface area contributed by atoms with Crippen LogP contribution in [0.4, 0.5) is 4.79 Å². The van der Waals surface area contributed by atoms with E-state index in [1.54, 1.807) is 0 Å². The van der Waals surface area contributed by atoms with Crippen molar-refractivity contribution >= 4 is 21.8 Å². The van der Waals surface area contributed by atoms with E-state index in [2.05, 4.69) is 4.74 Å². The molecule has 1 aliphatic heterocycles. The minimum Gasteiger partial charge on any atom is -0.449 e. The van der Waals surface area contributed by atoms with Gasteiger partial charge in [-0.25, -0.2) is 4.79 Å². The number of carboxylic acid groups (broad SMARTS) is 1. The number of carbonyl (C=O) groups is 1. The van der Waals surface area contributed by atoms with Gasteiger partial charge in [0.1, 0.15) is 5.75 Å². The molecule has 0 spiro atoms. The average molecular weight is 256 g/mol. The van der Waals surface area contributed by atoms with Gasteiger partial charge in [-0.05, 0) is 23.3 Å². The van der Waals surface area contributed by atoms with E-state index in [0.717, 1.165) is 5.37 Å². The quantitative estimate of drug-likeness (QED) is 0.478. The zero-order chi connectivity index (χ0) is 12.4. The summed E-state index contributed by atoms with van der Waals surface area (Å²) in [4.78, 5) is 10.5. The van der Waals surface area contributed by atoms with Crippen molar-refractivity contribution < 1.29 is 27.8 Å². The van der Waals surface area contributed by atoms with Crippen molar-refractivity contribution in [3.63, 3.8) is 0 Å². The van der Waals surface area contributed by atoms with Gasteiger partial charge < -0.3 is 14.6 Å².